The highest BCUT2D eigenvalue weighted by atomic mass is 16.5. The second-order valence-electron chi connectivity index (χ2n) is 5.44. The van der Waals surface area contributed by atoms with Gasteiger partial charge in [0.25, 0.3) is 11.5 Å². The van der Waals surface area contributed by atoms with E-state index in [9.17, 15) is 14.4 Å². The van der Waals surface area contributed by atoms with Crippen LogP contribution in [0.25, 0.3) is 10.8 Å². The molecule has 120 valence electrons. The molecule has 1 aromatic heterocycles. The zero-order valence-corrected chi connectivity index (χ0v) is 12.3. The number of carboxylic acid groups (broad SMARTS) is 1. The summed E-state index contributed by atoms with van der Waals surface area (Å²) in [5.74, 6) is -1.30. The zero-order valence-electron chi connectivity index (χ0n) is 12.3. The topological polar surface area (TPSA) is 99.7 Å². The van der Waals surface area contributed by atoms with Crippen molar-refractivity contribution in [3.8, 4) is 0 Å². The lowest BCUT2D eigenvalue weighted by molar-refractivity contribution is -0.141. The highest BCUT2D eigenvalue weighted by Gasteiger charge is 2.27. The van der Waals surface area contributed by atoms with E-state index in [1.807, 2.05) is 0 Å². The fourth-order valence-corrected chi connectivity index (χ4v) is 2.72. The Balaban J connectivity index is 1.85. The molecular formula is C16H16N2O5. The third-order valence-electron chi connectivity index (χ3n) is 3.81. The SMILES string of the molecule is O=C(O)CC1CN(C(=O)c2cc3ccccc3c(=O)[nH]2)CCO1. The average Bonchev–Trinajstić information content (AvgIpc) is 2.54. The Morgan fingerprint density at radius 2 is 2.13 bits per heavy atom. The zero-order chi connectivity index (χ0) is 16.4. The molecule has 7 heteroatoms. The summed E-state index contributed by atoms with van der Waals surface area (Å²) in [4.78, 5) is 39.5. The van der Waals surface area contributed by atoms with E-state index < -0.39 is 12.1 Å². The summed E-state index contributed by atoms with van der Waals surface area (Å²) in [7, 11) is 0. The summed E-state index contributed by atoms with van der Waals surface area (Å²) in [6.45, 7) is 0.839. The predicted octanol–water partition coefficient (Wildman–Crippen LogP) is 0.844. The number of hydrogen-bond donors (Lipinski definition) is 2. The molecule has 1 atom stereocenters. The number of nitrogens with zero attached hydrogens (tertiary/aromatic N) is 1. The Labute approximate surface area is 131 Å². The third-order valence-corrected chi connectivity index (χ3v) is 3.81. The van der Waals surface area contributed by atoms with E-state index >= 15 is 0 Å². The molecule has 7 nitrogen and oxygen atoms in total. The van der Waals surface area contributed by atoms with Crippen molar-refractivity contribution in [2.45, 2.75) is 12.5 Å². The number of aliphatic carboxylic acids is 1. The number of pyridine rings is 1. The molecule has 1 aliphatic rings. The summed E-state index contributed by atoms with van der Waals surface area (Å²) < 4.78 is 5.35. The highest BCUT2D eigenvalue weighted by molar-refractivity contribution is 5.96. The van der Waals surface area contributed by atoms with Gasteiger partial charge in [-0.1, -0.05) is 18.2 Å². The number of aromatic amines is 1. The number of nitrogens with one attached hydrogen (secondary N) is 1. The lowest BCUT2D eigenvalue weighted by Crippen LogP contribution is -2.46. The molecule has 0 aliphatic carbocycles. The minimum absolute atomic E-state index is 0.155. The number of fused-ring (bicyclic) bond motifs is 1. The van der Waals surface area contributed by atoms with Gasteiger partial charge in [-0.2, -0.15) is 0 Å². The van der Waals surface area contributed by atoms with Crippen LogP contribution in [0.2, 0.25) is 0 Å². The van der Waals surface area contributed by atoms with Gasteiger partial charge in [-0.25, -0.2) is 0 Å². The monoisotopic (exact) mass is 316 g/mol. The van der Waals surface area contributed by atoms with Crippen LogP contribution in [0.4, 0.5) is 0 Å². The van der Waals surface area contributed by atoms with Crippen LogP contribution in [0, 0.1) is 0 Å². The van der Waals surface area contributed by atoms with Crippen LogP contribution in [0.5, 0.6) is 0 Å². The number of hydrogen-bond acceptors (Lipinski definition) is 4. The third kappa shape index (κ3) is 3.24. The Morgan fingerprint density at radius 1 is 1.35 bits per heavy atom. The number of carboxylic acids is 1. The summed E-state index contributed by atoms with van der Waals surface area (Å²) in [5, 5.41) is 10.0. The number of amides is 1. The lowest BCUT2D eigenvalue weighted by Gasteiger charge is -2.32. The Bertz CT molecular complexity index is 813. The summed E-state index contributed by atoms with van der Waals surface area (Å²) in [6.07, 6.45) is -0.685. The molecule has 1 unspecified atom stereocenters. The van der Waals surface area contributed by atoms with Crippen molar-refractivity contribution in [3.05, 3.63) is 46.4 Å². The van der Waals surface area contributed by atoms with Crippen molar-refractivity contribution in [2.75, 3.05) is 19.7 Å². The van der Waals surface area contributed by atoms with Gasteiger partial charge >= 0.3 is 5.97 Å². The summed E-state index contributed by atoms with van der Waals surface area (Å²) in [5.41, 5.74) is -0.119. The molecule has 0 radical (unpaired) electrons. The fraction of sp³-hybridized carbons (Fsp3) is 0.312. The Hall–Kier alpha value is -2.67. The molecule has 2 heterocycles. The second kappa shape index (κ2) is 6.21. The predicted molar refractivity (Wildman–Crippen MR) is 82.5 cm³/mol. The van der Waals surface area contributed by atoms with Crippen molar-refractivity contribution in [2.24, 2.45) is 0 Å². The van der Waals surface area contributed by atoms with Gasteiger partial charge in [-0.3, -0.25) is 14.4 Å². The van der Waals surface area contributed by atoms with E-state index in [1.54, 1.807) is 30.3 Å². The first-order chi connectivity index (χ1) is 11.0. The van der Waals surface area contributed by atoms with Crippen molar-refractivity contribution in [1.82, 2.24) is 9.88 Å². The maximum atomic E-state index is 12.6. The van der Waals surface area contributed by atoms with Crippen molar-refractivity contribution >= 4 is 22.6 Å². The number of carbonyl (C=O) groups is 2. The largest absolute Gasteiger partial charge is 0.481 e. The van der Waals surface area contributed by atoms with Crippen LogP contribution in [-0.2, 0) is 9.53 Å². The van der Waals surface area contributed by atoms with E-state index in [0.717, 1.165) is 0 Å². The van der Waals surface area contributed by atoms with Crippen LogP contribution in [0.3, 0.4) is 0 Å². The van der Waals surface area contributed by atoms with Crippen molar-refractivity contribution in [3.63, 3.8) is 0 Å². The number of carbonyl (C=O) groups excluding carboxylic acids is 1. The van der Waals surface area contributed by atoms with Crippen LogP contribution in [-0.4, -0.2) is 52.7 Å². The minimum Gasteiger partial charge on any atom is -0.481 e. The minimum atomic E-state index is -0.969. The first kappa shape index (κ1) is 15.2. The van der Waals surface area contributed by atoms with Crippen LogP contribution >= 0.6 is 0 Å². The average molecular weight is 316 g/mol. The molecule has 23 heavy (non-hydrogen) atoms. The van der Waals surface area contributed by atoms with E-state index in [1.165, 1.54) is 4.90 Å². The van der Waals surface area contributed by atoms with Crippen LogP contribution in [0.1, 0.15) is 16.9 Å². The molecule has 0 saturated carbocycles. The number of rotatable bonds is 3. The molecule has 1 aliphatic heterocycles. The Kier molecular flexibility index (Phi) is 4.12. The molecule has 1 fully saturated rings. The number of aromatic nitrogens is 1. The highest BCUT2D eigenvalue weighted by Crippen LogP contribution is 2.14. The van der Waals surface area contributed by atoms with Gasteiger partial charge < -0.3 is 19.7 Å². The normalized spacial score (nSPS) is 18.1. The maximum absolute atomic E-state index is 12.6. The molecule has 1 saturated heterocycles. The fourth-order valence-electron chi connectivity index (χ4n) is 2.72. The first-order valence-electron chi connectivity index (χ1n) is 7.29. The van der Waals surface area contributed by atoms with Gasteiger partial charge in [-0.05, 0) is 17.5 Å². The summed E-state index contributed by atoms with van der Waals surface area (Å²) >= 11 is 0. The van der Waals surface area contributed by atoms with Gasteiger partial charge in [0.15, 0.2) is 0 Å². The lowest BCUT2D eigenvalue weighted by atomic mass is 10.1. The van der Waals surface area contributed by atoms with Gasteiger partial charge in [-0.15, -0.1) is 0 Å². The van der Waals surface area contributed by atoms with Gasteiger partial charge in [0, 0.05) is 18.5 Å². The van der Waals surface area contributed by atoms with Gasteiger partial charge in [0.1, 0.15) is 5.69 Å². The van der Waals surface area contributed by atoms with Crippen LogP contribution in [0.15, 0.2) is 35.1 Å². The molecule has 0 bridgehead atoms. The summed E-state index contributed by atoms with van der Waals surface area (Å²) in [6, 6.07) is 8.67. The van der Waals surface area contributed by atoms with Gasteiger partial charge in [0.05, 0.1) is 19.1 Å². The molecule has 3 rings (SSSR count). The van der Waals surface area contributed by atoms with E-state index in [2.05, 4.69) is 4.98 Å². The van der Waals surface area contributed by atoms with E-state index in [-0.39, 0.29) is 36.7 Å². The van der Waals surface area contributed by atoms with Crippen LogP contribution < -0.4 is 5.56 Å². The van der Waals surface area contributed by atoms with E-state index in [0.29, 0.717) is 17.3 Å². The van der Waals surface area contributed by atoms with Crippen molar-refractivity contribution in [1.29, 1.82) is 0 Å². The number of benzene rings is 1. The number of H-pyrrole nitrogens is 1. The Morgan fingerprint density at radius 3 is 2.91 bits per heavy atom. The quantitative estimate of drug-likeness (QED) is 0.874. The first-order valence-corrected chi connectivity index (χ1v) is 7.29. The molecule has 2 aromatic rings. The maximum Gasteiger partial charge on any atom is 0.306 e. The molecular weight excluding hydrogens is 300 g/mol. The number of morpholine rings is 1. The second-order valence-corrected chi connectivity index (χ2v) is 5.44. The molecule has 2 N–H and O–H groups in total. The number of ether oxygens (including phenoxy) is 1. The molecule has 1 aromatic carbocycles. The van der Waals surface area contributed by atoms with E-state index in [4.69, 9.17) is 9.84 Å². The van der Waals surface area contributed by atoms with Crippen molar-refractivity contribution < 1.29 is 19.4 Å². The smallest absolute Gasteiger partial charge is 0.306 e. The standard InChI is InChI=1S/C16H16N2O5/c19-14(20)8-11-9-18(5-6-23-11)16(22)13-7-10-3-1-2-4-12(10)15(21)17-13/h1-4,7,11H,5-6,8-9H2,(H,17,21)(H,19,20). The molecule has 0 spiro atoms. The van der Waals surface area contributed by atoms with Gasteiger partial charge in [0.2, 0.25) is 0 Å². The molecule has 1 amide bonds.